The SMILES string of the molecule is CC(C)=CCC1(CO)CCCN(Cc2cnc(C)nc2)C1. The minimum absolute atomic E-state index is 0.0150. The van der Waals surface area contributed by atoms with E-state index in [1.165, 1.54) is 5.57 Å². The molecule has 0 saturated carbocycles. The molecule has 1 saturated heterocycles. The molecule has 0 radical (unpaired) electrons. The number of aliphatic hydroxyl groups excluding tert-OH is 1. The van der Waals surface area contributed by atoms with Gasteiger partial charge in [-0.2, -0.15) is 0 Å². The summed E-state index contributed by atoms with van der Waals surface area (Å²) in [5.74, 6) is 0.811. The monoisotopic (exact) mass is 289 g/mol. The van der Waals surface area contributed by atoms with Crippen LogP contribution in [-0.4, -0.2) is 39.7 Å². The Morgan fingerprint density at radius 1 is 1.38 bits per heavy atom. The van der Waals surface area contributed by atoms with Crippen LogP contribution >= 0.6 is 0 Å². The van der Waals surface area contributed by atoms with Crippen LogP contribution in [0.4, 0.5) is 0 Å². The molecule has 1 atom stereocenters. The summed E-state index contributed by atoms with van der Waals surface area (Å²) in [6.07, 6.45) is 9.29. The number of aryl methyl sites for hydroxylation is 1. The van der Waals surface area contributed by atoms with E-state index in [4.69, 9.17) is 0 Å². The Balaban J connectivity index is 2.01. The fourth-order valence-corrected chi connectivity index (χ4v) is 2.99. The van der Waals surface area contributed by atoms with Gasteiger partial charge in [0.15, 0.2) is 0 Å². The van der Waals surface area contributed by atoms with Gasteiger partial charge in [0.05, 0.1) is 6.61 Å². The summed E-state index contributed by atoms with van der Waals surface area (Å²) in [5.41, 5.74) is 2.49. The summed E-state index contributed by atoms with van der Waals surface area (Å²) in [6, 6.07) is 0. The number of aliphatic hydroxyl groups is 1. The number of likely N-dealkylation sites (tertiary alicyclic amines) is 1. The predicted molar refractivity (Wildman–Crippen MR) is 84.8 cm³/mol. The van der Waals surface area contributed by atoms with Crippen molar-refractivity contribution in [2.45, 2.75) is 46.6 Å². The Kier molecular flexibility index (Phi) is 5.48. The number of rotatable bonds is 5. The molecule has 116 valence electrons. The number of aromatic nitrogens is 2. The molecule has 0 aliphatic carbocycles. The normalized spacial score (nSPS) is 23.0. The van der Waals surface area contributed by atoms with E-state index >= 15 is 0 Å². The van der Waals surface area contributed by atoms with Crippen LogP contribution in [0.15, 0.2) is 24.0 Å². The zero-order valence-electron chi connectivity index (χ0n) is 13.5. The van der Waals surface area contributed by atoms with E-state index in [2.05, 4.69) is 34.8 Å². The molecule has 1 N–H and O–H groups in total. The number of allylic oxidation sites excluding steroid dienone is 2. The first-order valence-corrected chi connectivity index (χ1v) is 7.77. The van der Waals surface area contributed by atoms with Crippen LogP contribution in [0.25, 0.3) is 0 Å². The topological polar surface area (TPSA) is 49.2 Å². The lowest BCUT2D eigenvalue weighted by Crippen LogP contribution is -2.44. The molecule has 1 aliphatic heterocycles. The first-order valence-electron chi connectivity index (χ1n) is 7.77. The molecular formula is C17H27N3O. The summed E-state index contributed by atoms with van der Waals surface area (Å²) >= 11 is 0. The Morgan fingerprint density at radius 2 is 2.10 bits per heavy atom. The maximum atomic E-state index is 9.89. The van der Waals surface area contributed by atoms with Gasteiger partial charge in [0.25, 0.3) is 0 Å². The second-order valence-electron chi connectivity index (χ2n) is 6.60. The van der Waals surface area contributed by atoms with Crippen molar-refractivity contribution in [3.05, 3.63) is 35.4 Å². The van der Waals surface area contributed by atoms with Crippen LogP contribution in [0.5, 0.6) is 0 Å². The third-order valence-corrected chi connectivity index (χ3v) is 4.26. The van der Waals surface area contributed by atoms with Crippen molar-refractivity contribution in [3.63, 3.8) is 0 Å². The van der Waals surface area contributed by atoms with Gasteiger partial charge in [-0.25, -0.2) is 9.97 Å². The van der Waals surface area contributed by atoms with Gasteiger partial charge >= 0.3 is 0 Å². The highest BCUT2D eigenvalue weighted by atomic mass is 16.3. The van der Waals surface area contributed by atoms with Gasteiger partial charge in [0.2, 0.25) is 0 Å². The zero-order valence-corrected chi connectivity index (χ0v) is 13.5. The first-order chi connectivity index (χ1) is 10.0. The van der Waals surface area contributed by atoms with Gasteiger partial charge in [-0.15, -0.1) is 0 Å². The van der Waals surface area contributed by atoms with E-state index in [-0.39, 0.29) is 12.0 Å². The molecule has 0 aromatic carbocycles. The lowest BCUT2D eigenvalue weighted by molar-refractivity contribution is 0.0306. The second-order valence-corrected chi connectivity index (χ2v) is 6.60. The van der Waals surface area contributed by atoms with E-state index in [1.54, 1.807) is 0 Å². The van der Waals surface area contributed by atoms with Crippen molar-refractivity contribution in [1.29, 1.82) is 0 Å². The molecule has 0 bridgehead atoms. The standard InChI is InChI=1S/C17H27N3O/c1-14(2)5-7-17(13-21)6-4-8-20(12-17)11-16-9-18-15(3)19-10-16/h5,9-10,21H,4,6-8,11-13H2,1-3H3. The maximum Gasteiger partial charge on any atom is 0.125 e. The maximum absolute atomic E-state index is 9.89. The molecule has 2 rings (SSSR count). The molecule has 21 heavy (non-hydrogen) atoms. The van der Waals surface area contributed by atoms with E-state index in [1.807, 2.05) is 19.3 Å². The molecule has 1 aromatic heterocycles. The molecule has 4 nitrogen and oxygen atoms in total. The van der Waals surface area contributed by atoms with Crippen LogP contribution in [0, 0.1) is 12.3 Å². The van der Waals surface area contributed by atoms with Gasteiger partial charge in [-0.05, 0) is 46.6 Å². The Bertz CT molecular complexity index is 479. The van der Waals surface area contributed by atoms with Crippen molar-refractivity contribution < 1.29 is 5.11 Å². The van der Waals surface area contributed by atoms with E-state index in [0.29, 0.717) is 0 Å². The Hall–Kier alpha value is -1.26. The van der Waals surface area contributed by atoms with Gasteiger partial charge in [0.1, 0.15) is 5.82 Å². The number of hydrogen-bond donors (Lipinski definition) is 1. The molecule has 4 heteroatoms. The highest BCUT2D eigenvalue weighted by molar-refractivity contribution is 5.06. The zero-order chi connectivity index (χ0) is 15.3. The molecule has 0 spiro atoms. The minimum Gasteiger partial charge on any atom is -0.396 e. The van der Waals surface area contributed by atoms with E-state index < -0.39 is 0 Å². The molecule has 1 unspecified atom stereocenters. The smallest absolute Gasteiger partial charge is 0.125 e. The molecule has 1 aliphatic rings. The van der Waals surface area contributed by atoms with Crippen LogP contribution in [-0.2, 0) is 6.54 Å². The summed E-state index contributed by atoms with van der Waals surface area (Å²) in [6.45, 7) is 9.31. The van der Waals surface area contributed by atoms with Gasteiger partial charge in [-0.3, -0.25) is 4.90 Å². The van der Waals surface area contributed by atoms with E-state index in [9.17, 15) is 5.11 Å². The quantitative estimate of drug-likeness (QED) is 0.847. The van der Waals surface area contributed by atoms with Crippen LogP contribution < -0.4 is 0 Å². The minimum atomic E-state index is 0.0150. The summed E-state index contributed by atoms with van der Waals surface area (Å²) < 4.78 is 0. The van der Waals surface area contributed by atoms with Crippen molar-refractivity contribution >= 4 is 0 Å². The fraction of sp³-hybridized carbons (Fsp3) is 0.647. The lowest BCUT2D eigenvalue weighted by Gasteiger charge is -2.41. The summed E-state index contributed by atoms with van der Waals surface area (Å²) in [4.78, 5) is 11.0. The number of nitrogens with zero attached hydrogens (tertiary/aromatic N) is 3. The molecule has 1 aromatic rings. The highest BCUT2D eigenvalue weighted by Crippen LogP contribution is 2.34. The van der Waals surface area contributed by atoms with Crippen molar-refractivity contribution in [2.24, 2.45) is 5.41 Å². The molecule has 1 fully saturated rings. The molecule has 0 amide bonds. The Labute approximate surface area is 127 Å². The third-order valence-electron chi connectivity index (χ3n) is 4.26. The fourth-order valence-electron chi connectivity index (χ4n) is 2.99. The summed E-state index contributed by atoms with van der Waals surface area (Å²) in [5, 5.41) is 9.89. The second kappa shape index (κ2) is 7.14. The lowest BCUT2D eigenvalue weighted by atomic mass is 9.77. The van der Waals surface area contributed by atoms with Crippen LogP contribution in [0.1, 0.15) is 44.5 Å². The van der Waals surface area contributed by atoms with E-state index in [0.717, 1.165) is 50.3 Å². The van der Waals surface area contributed by atoms with Crippen LogP contribution in [0.3, 0.4) is 0 Å². The largest absolute Gasteiger partial charge is 0.396 e. The van der Waals surface area contributed by atoms with Crippen LogP contribution in [0.2, 0.25) is 0 Å². The van der Waals surface area contributed by atoms with Crippen molar-refractivity contribution in [1.82, 2.24) is 14.9 Å². The molecular weight excluding hydrogens is 262 g/mol. The van der Waals surface area contributed by atoms with Gasteiger partial charge < -0.3 is 5.11 Å². The third kappa shape index (κ3) is 4.61. The summed E-state index contributed by atoms with van der Waals surface area (Å²) in [7, 11) is 0. The highest BCUT2D eigenvalue weighted by Gasteiger charge is 2.33. The first kappa shape index (κ1) is 16.1. The van der Waals surface area contributed by atoms with Gasteiger partial charge in [0, 0.05) is 36.5 Å². The van der Waals surface area contributed by atoms with Gasteiger partial charge in [-0.1, -0.05) is 11.6 Å². The average molecular weight is 289 g/mol. The number of hydrogen-bond acceptors (Lipinski definition) is 4. The Morgan fingerprint density at radius 3 is 2.71 bits per heavy atom. The van der Waals surface area contributed by atoms with Crippen molar-refractivity contribution in [2.75, 3.05) is 19.7 Å². The predicted octanol–water partition coefficient (Wildman–Crippen LogP) is 2.72. The van der Waals surface area contributed by atoms with Crippen molar-refractivity contribution in [3.8, 4) is 0 Å². The molecule has 2 heterocycles. The number of piperidine rings is 1. The average Bonchev–Trinajstić information content (AvgIpc) is 2.48.